The highest BCUT2D eigenvalue weighted by Crippen LogP contribution is 2.64. The number of fused-ring (bicyclic) bond motifs is 2. The van der Waals surface area contributed by atoms with Crippen LogP contribution in [0.1, 0.15) is 28.9 Å². The Morgan fingerprint density at radius 2 is 1.97 bits per heavy atom. The predicted molar refractivity (Wildman–Crippen MR) is 105 cm³/mol. The lowest BCUT2D eigenvalue weighted by atomic mass is 10.0. The number of rotatable bonds is 3. The molecule has 158 valence electrons. The molecule has 2 aliphatic carbocycles. The summed E-state index contributed by atoms with van der Waals surface area (Å²) in [5, 5.41) is 7.90. The Hall–Kier alpha value is -2.68. The molecule has 2 saturated carbocycles. The first kappa shape index (κ1) is 19.3. The standard InChI is InChI=1S/C20H20ClF2N5O2/c21-11-3-1-2-10(6-11)17-16(18(24)29)15-9-27(4-5-28(15)26-17)19(30)25-12-7-13-14(8-12)20(13,22)23/h1-3,6,12-14H,4-5,7-9H2,(H2,24,29)(H,25,30). The number of urea groups is 1. The Labute approximate surface area is 176 Å². The predicted octanol–water partition coefficient (Wildman–Crippen LogP) is 2.87. The Balaban J connectivity index is 1.35. The van der Waals surface area contributed by atoms with Crippen LogP contribution in [0.2, 0.25) is 5.02 Å². The number of hydrogen-bond acceptors (Lipinski definition) is 3. The fourth-order valence-corrected chi connectivity index (χ4v) is 4.97. The number of benzene rings is 1. The van der Waals surface area contributed by atoms with E-state index in [0.717, 1.165) is 0 Å². The van der Waals surface area contributed by atoms with Crippen molar-refractivity contribution < 1.29 is 18.4 Å². The van der Waals surface area contributed by atoms with E-state index >= 15 is 0 Å². The van der Waals surface area contributed by atoms with E-state index in [0.29, 0.717) is 47.9 Å². The average molecular weight is 436 g/mol. The molecule has 1 aromatic carbocycles. The number of carbonyl (C=O) groups is 2. The monoisotopic (exact) mass is 435 g/mol. The van der Waals surface area contributed by atoms with E-state index in [4.69, 9.17) is 17.3 Å². The molecule has 0 bridgehead atoms. The van der Waals surface area contributed by atoms with Crippen LogP contribution in [-0.4, -0.2) is 45.1 Å². The van der Waals surface area contributed by atoms with E-state index in [1.807, 2.05) is 0 Å². The van der Waals surface area contributed by atoms with Crippen molar-refractivity contribution in [3.05, 3.63) is 40.5 Å². The van der Waals surface area contributed by atoms with E-state index in [1.165, 1.54) is 0 Å². The lowest BCUT2D eigenvalue weighted by molar-refractivity contribution is 0.0672. The van der Waals surface area contributed by atoms with Crippen molar-refractivity contribution >= 4 is 23.5 Å². The molecule has 2 unspecified atom stereocenters. The second-order valence-electron chi connectivity index (χ2n) is 8.19. The largest absolute Gasteiger partial charge is 0.365 e. The van der Waals surface area contributed by atoms with E-state index in [-0.39, 0.29) is 24.2 Å². The van der Waals surface area contributed by atoms with Crippen LogP contribution in [0.15, 0.2) is 24.3 Å². The molecule has 0 spiro atoms. The molecule has 30 heavy (non-hydrogen) atoms. The number of amides is 3. The molecule has 10 heteroatoms. The normalized spacial score (nSPS) is 26.1. The number of nitrogens with two attached hydrogens (primary N) is 1. The summed E-state index contributed by atoms with van der Waals surface area (Å²) in [5.41, 5.74) is 7.56. The van der Waals surface area contributed by atoms with Crippen molar-refractivity contribution in [3.8, 4) is 11.3 Å². The summed E-state index contributed by atoms with van der Waals surface area (Å²) in [5.74, 6) is -4.40. The maximum atomic E-state index is 13.4. The van der Waals surface area contributed by atoms with Crippen molar-refractivity contribution in [1.82, 2.24) is 20.0 Å². The molecule has 1 aliphatic heterocycles. The fraction of sp³-hybridized carbons (Fsp3) is 0.450. The highest BCUT2D eigenvalue weighted by atomic mass is 35.5. The number of nitrogens with zero attached hydrogens (tertiary/aromatic N) is 3. The molecule has 2 heterocycles. The van der Waals surface area contributed by atoms with Gasteiger partial charge in [0.15, 0.2) is 0 Å². The molecule has 3 amide bonds. The van der Waals surface area contributed by atoms with Crippen molar-refractivity contribution in [3.63, 3.8) is 0 Å². The van der Waals surface area contributed by atoms with Crippen LogP contribution in [-0.2, 0) is 13.1 Å². The summed E-state index contributed by atoms with van der Waals surface area (Å²) in [4.78, 5) is 26.5. The van der Waals surface area contributed by atoms with E-state index in [2.05, 4.69) is 10.4 Å². The molecule has 1 aromatic heterocycles. The minimum Gasteiger partial charge on any atom is -0.365 e. The topological polar surface area (TPSA) is 93.2 Å². The summed E-state index contributed by atoms with van der Waals surface area (Å²) in [7, 11) is 0. The van der Waals surface area contributed by atoms with Gasteiger partial charge < -0.3 is 16.0 Å². The van der Waals surface area contributed by atoms with Crippen LogP contribution < -0.4 is 11.1 Å². The van der Waals surface area contributed by atoms with Crippen LogP contribution in [0.4, 0.5) is 13.6 Å². The third kappa shape index (κ3) is 3.03. The molecule has 2 aromatic rings. The molecule has 0 radical (unpaired) electrons. The average Bonchev–Trinajstić information content (AvgIpc) is 3.09. The number of carbonyl (C=O) groups excluding carboxylic acids is 2. The van der Waals surface area contributed by atoms with E-state index < -0.39 is 23.7 Å². The number of alkyl halides is 2. The Bertz CT molecular complexity index is 1040. The first-order chi connectivity index (χ1) is 14.3. The molecule has 7 nitrogen and oxygen atoms in total. The maximum absolute atomic E-state index is 13.4. The van der Waals surface area contributed by atoms with Crippen molar-refractivity contribution in [2.75, 3.05) is 6.54 Å². The Kier molecular flexibility index (Phi) is 4.29. The summed E-state index contributed by atoms with van der Waals surface area (Å²) in [6, 6.07) is 6.41. The van der Waals surface area contributed by atoms with Crippen molar-refractivity contribution in [2.24, 2.45) is 17.6 Å². The van der Waals surface area contributed by atoms with Gasteiger partial charge in [0.25, 0.3) is 11.8 Å². The molecule has 0 saturated heterocycles. The van der Waals surface area contributed by atoms with E-state index in [1.54, 1.807) is 33.8 Å². The number of hydrogen-bond donors (Lipinski definition) is 2. The van der Waals surface area contributed by atoms with Gasteiger partial charge in [-0.05, 0) is 25.0 Å². The Morgan fingerprint density at radius 1 is 1.23 bits per heavy atom. The smallest absolute Gasteiger partial charge is 0.318 e. The molecule has 2 fully saturated rings. The Morgan fingerprint density at radius 3 is 2.63 bits per heavy atom. The van der Waals surface area contributed by atoms with Crippen LogP contribution in [0.25, 0.3) is 11.3 Å². The number of halogens is 3. The minimum absolute atomic E-state index is 0.160. The molecule has 2 atom stereocenters. The highest BCUT2D eigenvalue weighted by Gasteiger charge is 2.71. The van der Waals surface area contributed by atoms with Gasteiger partial charge in [0.2, 0.25) is 0 Å². The van der Waals surface area contributed by atoms with Gasteiger partial charge in [-0.3, -0.25) is 9.48 Å². The lowest BCUT2D eigenvalue weighted by Crippen LogP contribution is -2.48. The first-order valence-corrected chi connectivity index (χ1v) is 10.2. The van der Waals surface area contributed by atoms with Gasteiger partial charge in [0.05, 0.1) is 24.3 Å². The molecule has 3 aliphatic rings. The summed E-state index contributed by atoms with van der Waals surface area (Å²) in [6.07, 6.45) is 0.612. The summed E-state index contributed by atoms with van der Waals surface area (Å²) < 4.78 is 28.4. The third-order valence-corrected chi connectivity index (χ3v) is 6.62. The van der Waals surface area contributed by atoms with Gasteiger partial charge in [-0.25, -0.2) is 13.6 Å². The summed E-state index contributed by atoms with van der Waals surface area (Å²) >= 11 is 6.07. The van der Waals surface area contributed by atoms with Gasteiger partial charge in [0.1, 0.15) is 5.69 Å². The van der Waals surface area contributed by atoms with Gasteiger partial charge in [0, 0.05) is 35.0 Å². The highest BCUT2D eigenvalue weighted by molar-refractivity contribution is 6.30. The van der Waals surface area contributed by atoms with Crippen LogP contribution >= 0.6 is 11.6 Å². The van der Waals surface area contributed by atoms with E-state index in [9.17, 15) is 18.4 Å². The van der Waals surface area contributed by atoms with Crippen LogP contribution in [0, 0.1) is 11.8 Å². The zero-order chi connectivity index (χ0) is 21.2. The SMILES string of the molecule is NC(=O)c1c(-c2cccc(Cl)c2)nn2c1CN(C(=O)NC1CC3C(C1)C3(F)F)CC2. The maximum Gasteiger partial charge on any atom is 0.318 e. The van der Waals surface area contributed by atoms with Crippen molar-refractivity contribution in [1.29, 1.82) is 0 Å². The van der Waals surface area contributed by atoms with Crippen LogP contribution in [0.5, 0.6) is 0 Å². The lowest BCUT2D eigenvalue weighted by Gasteiger charge is -2.30. The quantitative estimate of drug-likeness (QED) is 0.776. The summed E-state index contributed by atoms with van der Waals surface area (Å²) in [6.45, 7) is 0.953. The number of primary amides is 1. The molecular weight excluding hydrogens is 416 g/mol. The number of aromatic nitrogens is 2. The van der Waals surface area contributed by atoms with Gasteiger partial charge >= 0.3 is 6.03 Å². The second-order valence-corrected chi connectivity index (χ2v) is 8.63. The first-order valence-electron chi connectivity index (χ1n) is 9.84. The second kappa shape index (κ2) is 6.66. The van der Waals surface area contributed by atoms with Gasteiger partial charge in [-0.1, -0.05) is 23.7 Å². The minimum atomic E-state index is -2.56. The fourth-order valence-electron chi connectivity index (χ4n) is 4.78. The zero-order valence-corrected chi connectivity index (χ0v) is 16.7. The van der Waals surface area contributed by atoms with Gasteiger partial charge in [-0.2, -0.15) is 5.10 Å². The van der Waals surface area contributed by atoms with Crippen LogP contribution in [0.3, 0.4) is 0 Å². The van der Waals surface area contributed by atoms with Crippen molar-refractivity contribution in [2.45, 2.75) is 37.9 Å². The zero-order valence-electron chi connectivity index (χ0n) is 15.9. The third-order valence-electron chi connectivity index (χ3n) is 6.38. The molecule has 5 rings (SSSR count). The van der Waals surface area contributed by atoms with Gasteiger partial charge in [-0.15, -0.1) is 0 Å². The number of nitrogens with one attached hydrogen (secondary N) is 1. The molecular formula is C20H20ClF2N5O2. The molecule has 3 N–H and O–H groups in total.